The Kier molecular flexibility index (Phi) is 5.34. The number of hydrazine groups is 1. The molecule has 0 bridgehead atoms. The molecule has 1 heterocycles. The van der Waals surface area contributed by atoms with Crippen molar-refractivity contribution in [1.29, 1.82) is 0 Å². The third kappa shape index (κ3) is 4.10. The predicted octanol–water partition coefficient (Wildman–Crippen LogP) is 2.51. The standard InChI is InChI=1S/C20H19N3O3/c1-26-18-9-5-3-7-16(18)10-11-19(24)21-22-20(25)14-23-13-12-15-6-2-4-8-17(15)23/h2-13H,14H2,1H3,(H,21,24)(H,22,25)/b11-10+. The molecular weight excluding hydrogens is 330 g/mol. The molecule has 0 fully saturated rings. The van der Waals surface area contributed by atoms with Crippen molar-refractivity contribution >= 4 is 28.8 Å². The second-order valence-corrected chi connectivity index (χ2v) is 5.62. The SMILES string of the molecule is COc1ccccc1/C=C/C(=O)NNC(=O)Cn1ccc2ccccc21. The van der Waals surface area contributed by atoms with Gasteiger partial charge >= 0.3 is 0 Å². The van der Waals surface area contributed by atoms with Gasteiger partial charge in [-0.2, -0.15) is 0 Å². The molecular formula is C20H19N3O3. The first kappa shape index (κ1) is 17.3. The van der Waals surface area contributed by atoms with Gasteiger partial charge in [-0.25, -0.2) is 0 Å². The number of rotatable bonds is 5. The highest BCUT2D eigenvalue weighted by Crippen LogP contribution is 2.18. The fourth-order valence-corrected chi connectivity index (χ4v) is 2.62. The Labute approximate surface area is 151 Å². The number of fused-ring (bicyclic) bond motifs is 1. The monoisotopic (exact) mass is 349 g/mol. The van der Waals surface area contributed by atoms with Crippen LogP contribution in [0.2, 0.25) is 0 Å². The normalized spacial score (nSPS) is 10.8. The molecule has 1 aromatic heterocycles. The van der Waals surface area contributed by atoms with Crippen molar-refractivity contribution in [2.24, 2.45) is 0 Å². The van der Waals surface area contributed by atoms with E-state index in [0.29, 0.717) is 5.75 Å². The third-order valence-corrected chi connectivity index (χ3v) is 3.87. The van der Waals surface area contributed by atoms with E-state index in [1.165, 1.54) is 6.08 Å². The molecule has 3 rings (SSSR count). The summed E-state index contributed by atoms with van der Waals surface area (Å²) in [5.74, 6) is -0.0768. The Morgan fingerprint density at radius 1 is 1.04 bits per heavy atom. The number of amides is 2. The zero-order valence-corrected chi connectivity index (χ0v) is 14.3. The van der Waals surface area contributed by atoms with Crippen LogP contribution in [0.5, 0.6) is 5.75 Å². The number of nitrogens with zero attached hydrogens (tertiary/aromatic N) is 1. The van der Waals surface area contributed by atoms with E-state index in [0.717, 1.165) is 16.5 Å². The van der Waals surface area contributed by atoms with Crippen molar-refractivity contribution in [3.63, 3.8) is 0 Å². The smallest absolute Gasteiger partial charge is 0.262 e. The second-order valence-electron chi connectivity index (χ2n) is 5.62. The number of hydrogen-bond acceptors (Lipinski definition) is 3. The van der Waals surface area contributed by atoms with Gasteiger partial charge in [-0.3, -0.25) is 20.4 Å². The van der Waals surface area contributed by atoms with Gasteiger partial charge in [0.25, 0.3) is 11.8 Å². The second kappa shape index (κ2) is 8.02. The number of benzene rings is 2. The molecule has 0 spiro atoms. The molecule has 0 aliphatic carbocycles. The van der Waals surface area contributed by atoms with E-state index in [4.69, 9.17) is 4.74 Å². The average Bonchev–Trinajstić information content (AvgIpc) is 3.08. The minimum Gasteiger partial charge on any atom is -0.496 e. The molecule has 3 aromatic rings. The average molecular weight is 349 g/mol. The summed E-state index contributed by atoms with van der Waals surface area (Å²) in [5, 5.41) is 1.06. The molecule has 2 amide bonds. The Hall–Kier alpha value is -3.54. The van der Waals surface area contributed by atoms with Gasteiger partial charge in [0, 0.05) is 23.4 Å². The van der Waals surface area contributed by atoms with Crippen LogP contribution in [-0.4, -0.2) is 23.5 Å². The zero-order chi connectivity index (χ0) is 18.4. The van der Waals surface area contributed by atoms with Crippen molar-refractivity contribution in [1.82, 2.24) is 15.4 Å². The number of nitrogens with one attached hydrogen (secondary N) is 2. The molecule has 0 saturated heterocycles. The summed E-state index contributed by atoms with van der Waals surface area (Å²) >= 11 is 0. The Morgan fingerprint density at radius 3 is 2.65 bits per heavy atom. The summed E-state index contributed by atoms with van der Waals surface area (Å²) in [6.07, 6.45) is 4.80. The van der Waals surface area contributed by atoms with E-state index >= 15 is 0 Å². The topological polar surface area (TPSA) is 72.4 Å². The molecule has 0 aliphatic heterocycles. The van der Waals surface area contributed by atoms with Crippen LogP contribution < -0.4 is 15.6 Å². The van der Waals surface area contributed by atoms with E-state index in [-0.39, 0.29) is 12.5 Å². The summed E-state index contributed by atoms with van der Waals surface area (Å²) in [6, 6.07) is 17.1. The third-order valence-electron chi connectivity index (χ3n) is 3.87. The Balaban J connectivity index is 1.54. The first-order chi connectivity index (χ1) is 12.7. The molecule has 6 heteroatoms. The minimum atomic E-state index is -0.429. The van der Waals surface area contributed by atoms with Crippen LogP contribution in [0.25, 0.3) is 17.0 Å². The molecule has 0 unspecified atom stereocenters. The number of ether oxygens (including phenoxy) is 1. The molecule has 2 N–H and O–H groups in total. The maximum atomic E-state index is 12.0. The highest BCUT2D eigenvalue weighted by molar-refractivity contribution is 5.93. The van der Waals surface area contributed by atoms with Gasteiger partial charge in [0.05, 0.1) is 7.11 Å². The van der Waals surface area contributed by atoms with Crippen LogP contribution in [0.4, 0.5) is 0 Å². The van der Waals surface area contributed by atoms with Gasteiger partial charge in [-0.15, -0.1) is 0 Å². The fraction of sp³-hybridized carbons (Fsp3) is 0.100. The lowest BCUT2D eigenvalue weighted by Crippen LogP contribution is -2.42. The summed E-state index contributed by atoms with van der Waals surface area (Å²) < 4.78 is 7.04. The Morgan fingerprint density at radius 2 is 1.81 bits per heavy atom. The largest absolute Gasteiger partial charge is 0.496 e. The van der Waals surface area contributed by atoms with Crippen LogP contribution in [0.15, 0.2) is 66.9 Å². The lowest BCUT2D eigenvalue weighted by Gasteiger charge is -2.07. The highest BCUT2D eigenvalue weighted by Gasteiger charge is 2.06. The van der Waals surface area contributed by atoms with Crippen LogP contribution in [0.1, 0.15) is 5.56 Å². The fourth-order valence-electron chi connectivity index (χ4n) is 2.62. The van der Waals surface area contributed by atoms with Crippen molar-refractivity contribution in [2.75, 3.05) is 7.11 Å². The van der Waals surface area contributed by atoms with Gasteiger partial charge in [0.2, 0.25) is 0 Å². The van der Waals surface area contributed by atoms with E-state index in [1.54, 1.807) is 19.3 Å². The van der Waals surface area contributed by atoms with E-state index < -0.39 is 5.91 Å². The molecule has 0 aliphatic rings. The molecule has 132 valence electrons. The highest BCUT2D eigenvalue weighted by atomic mass is 16.5. The summed E-state index contributed by atoms with van der Waals surface area (Å²) in [7, 11) is 1.57. The van der Waals surface area contributed by atoms with Crippen LogP contribution in [0, 0.1) is 0 Å². The Bertz CT molecular complexity index is 960. The zero-order valence-electron chi connectivity index (χ0n) is 14.3. The molecule has 0 radical (unpaired) electrons. The van der Waals surface area contributed by atoms with Crippen molar-refractivity contribution < 1.29 is 14.3 Å². The molecule has 26 heavy (non-hydrogen) atoms. The van der Waals surface area contributed by atoms with Gasteiger partial charge in [-0.05, 0) is 29.7 Å². The first-order valence-corrected chi connectivity index (χ1v) is 8.11. The molecule has 0 saturated carbocycles. The number of para-hydroxylation sites is 2. The molecule has 0 atom stereocenters. The summed E-state index contributed by atoms with van der Waals surface area (Å²) in [5.41, 5.74) is 6.52. The number of aromatic nitrogens is 1. The number of hydrogen-bond donors (Lipinski definition) is 2. The van der Waals surface area contributed by atoms with Crippen LogP contribution >= 0.6 is 0 Å². The number of carbonyl (C=O) groups is 2. The minimum absolute atomic E-state index is 0.115. The van der Waals surface area contributed by atoms with E-state index in [2.05, 4.69) is 10.9 Å². The van der Waals surface area contributed by atoms with Gasteiger partial charge in [0.15, 0.2) is 0 Å². The lowest BCUT2D eigenvalue weighted by atomic mass is 10.2. The van der Waals surface area contributed by atoms with Gasteiger partial charge in [0.1, 0.15) is 12.3 Å². The lowest BCUT2D eigenvalue weighted by molar-refractivity contribution is -0.127. The molecule has 2 aromatic carbocycles. The molecule has 6 nitrogen and oxygen atoms in total. The number of methoxy groups -OCH3 is 1. The maximum Gasteiger partial charge on any atom is 0.262 e. The maximum absolute atomic E-state index is 12.0. The van der Waals surface area contributed by atoms with Gasteiger partial charge < -0.3 is 9.30 Å². The summed E-state index contributed by atoms with van der Waals surface area (Å²) in [4.78, 5) is 23.9. The van der Waals surface area contributed by atoms with Crippen LogP contribution in [0.3, 0.4) is 0 Å². The van der Waals surface area contributed by atoms with Gasteiger partial charge in [-0.1, -0.05) is 36.4 Å². The van der Waals surface area contributed by atoms with Crippen molar-refractivity contribution in [2.45, 2.75) is 6.54 Å². The van der Waals surface area contributed by atoms with Crippen molar-refractivity contribution in [3.05, 3.63) is 72.4 Å². The van der Waals surface area contributed by atoms with E-state index in [9.17, 15) is 9.59 Å². The number of carbonyl (C=O) groups excluding carboxylic acids is 2. The summed E-state index contributed by atoms with van der Waals surface area (Å²) in [6.45, 7) is 0.115. The quantitative estimate of drug-likeness (QED) is 0.549. The van der Waals surface area contributed by atoms with Crippen LogP contribution in [-0.2, 0) is 16.1 Å². The predicted molar refractivity (Wildman–Crippen MR) is 100 cm³/mol. The van der Waals surface area contributed by atoms with Crippen molar-refractivity contribution in [3.8, 4) is 5.75 Å². The first-order valence-electron chi connectivity index (χ1n) is 8.11. The van der Waals surface area contributed by atoms with E-state index in [1.807, 2.05) is 59.3 Å².